The maximum Gasteiger partial charge on any atom is 0.0650 e. The largest absolute Gasteiger partial charge is 0.392 e. The molecule has 0 saturated carbocycles. The van der Waals surface area contributed by atoms with E-state index in [1.54, 1.807) is 4.68 Å². The van der Waals surface area contributed by atoms with Gasteiger partial charge in [0.05, 0.1) is 11.8 Å². The Morgan fingerprint density at radius 1 is 1.43 bits per heavy atom. The van der Waals surface area contributed by atoms with Gasteiger partial charge in [0.1, 0.15) is 0 Å². The molecule has 3 nitrogen and oxygen atoms in total. The van der Waals surface area contributed by atoms with Crippen LogP contribution in [0.25, 0.3) is 0 Å². The molecule has 3 heteroatoms. The van der Waals surface area contributed by atoms with Crippen LogP contribution < -0.4 is 0 Å². The minimum Gasteiger partial charge on any atom is -0.392 e. The molecule has 0 radical (unpaired) electrons. The fourth-order valence-electron chi connectivity index (χ4n) is 1.79. The van der Waals surface area contributed by atoms with Crippen LogP contribution in [0.3, 0.4) is 0 Å². The van der Waals surface area contributed by atoms with E-state index < -0.39 is 0 Å². The van der Waals surface area contributed by atoms with Gasteiger partial charge in [0.15, 0.2) is 0 Å². The lowest BCUT2D eigenvalue weighted by molar-refractivity contribution is 0.102. The first-order chi connectivity index (χ1) is 6.67. The van der Waals surface area contributed by atoms with Crippen molar-refractivity contribution in [3.8, 4) is 0 Å². The quantitative estimate of drug-likeness (QED) is 0.779. The van der Waals surface area contributed by atoms with Crippen LogP contribution in [0.2, 0.25) is 0 Å². The Balaban J connectivity index is 2.51. The van der Waals surface area contributed by atoms with Crippen LogP contribution in [0.15, 0.2) is 12.3 Å². The summed E-state index contributed by atoms with van der Waals surface area (Å²) in [5.74, 6) is 0.400. The van der Waals surface area contributed by atoms with Crippen LogP contribution in [-0.4, -0.2) is 21.0 Å². The molecule has 1 atom stereocenters. The number of aromatic nitrogens is 2. The Labute approximate surface area is 85.8 Å². The summed E-state index contributed by atoms with van der Waals surface area (Å²) in [7, 11) is 1.90. The third-order valence-electron chi connectivity index (χ3n) is 2.78. The summed E-state index contributed by atoms with van der Waals surface area (Å²) < 4.78 is 1.77. The van der Waals surface area contributed by atoms with Crippen molar-refractivity contribution in [2.45, 2.75) is 39.2 Å². The van der Waals surface area contributed by atoms with Crippen molar-refractivity contribution in [1.29, 1.82) is 0 Å². The van der Waals surface area contributed by atoms with Crippen LogP contribution in [0, 0.1) is 5.92 Å². The van der Waals surface area contributed by atoms with Crippen LogP contribution in [-0.2, 0) is 13.5 Å². The van der Waals surface area contributed by atoms with Gasteiger partial charge in [-0.3, -0.25) is 4.68 Å². The molecule has 1 rings (SSSR count). The normalized spacial score (nSPS) is 13.5. The van der Waals surface area contributed by atoms with Gasteiger partial charge in [-0.2, -0.15) is 5.10 Å². The summed E-state index contributed by atoms with van der Waals surface area (Å²) in [4.78, 5) is 0. The average Bonchev–Trinajstić information content (AvgIpc) is 2.53. The van der Waals surface area contributed by atoms with Gasteiger partial charge < -0.3 is 5.11 Å². The molecule has 0 aliphatic heterocycles. The molecule has 0 spiro atoms. The van der Waals surface area contributed by atoms with E-state index in [9.17, 15) is 5.11 Å². The summed E-state index contributed by atoms with van der Waals surface area (Å²) >= 11 is 0. The Morgan fingerprint density at radius 3 is 2.50 bits per heavy atom. The highest BCUT2D eigenvalue weighted by Gasteiger charge is 2.16. The highest BCUT2D eigenvalue weighted by molar-refractivity contribution is 5.00. The maximum absolute atomic E-state index is 9.92. The molecule has 14 heavy (non-hydrogen) atoms. The highest BCUT2D eigenvalue weighted by atomic mass is 16.3. The van der Waals surface area contributed by atoms with Gasteiger partial charge in [-0.1, -0.05) is 26.7 Å². The molecule has 80 valence electrons. The van der Waals surface area contributed by atoms with Gasteiger partial charge in [0.25, 0.3) is 0 Å². The van der Waals surface area contributed by atoms with E-state index in [0.29, 0.717) is 12.3 Å². The lowest BCUT2D eigenvalue weighted by Crippen LogP contribution is -2.22. The van der Waals surface area contributed by atoms with Gasteiger partial charge in [0.2, 0.25) is 0 Å². The molecule has 0 saturated heterocycles. The highest BCUT2D eigenvalue weighted by Crippen LogP contribution is 2.16. The number of aryl methyl sites for hydroxylation is 1. The SMILES string of the molecule is CCC(CC)C(O)Cc1ccn(C)n1. The number of rotatable bonds is 5. The van der Waals surface area contributed by atoms with E-state index >= 15 is 0 Å². The second kappa shape index (κ2) is 5.15. The first-order valence-electron chi connectivity index (χ1n) is 5.34. The zero-order chi connectivity index (χ0) is 10.6. The zero-order valence-corrected chi connectivity index (χ0v) is 9.27. The van der Waals surface area contributed by atoms with Crippen molar-refractivity contribution < 1.29 is 5.11 Å². The van der Waals surface area contributed by atoms with Gasteiger partial charge in [-0.25, -0.2) is 0 Å². The smallest absolute Gasteiger partial charge is 0.0650 e. The number of nitrogens with zero attached hydrogens (tertiary/aromatic N) is 2. The number of hydrogen-bond acceptors (Lipinski definition) is 2. The van der Waals surface area contributed by atoms with Crippen LogP contribution in [0.5, 0.6) is 0 Å². The van der Waals surface area contributed by atoms with Crippen molar-refractivity contribution in [2.24, 2.45) is 13.0 Å². The lowest BCUT2D eigenvalue weighted by atomic mass is 9.93. The molecule has 1 heterocycles. The third kappa shape index (κ3) is 2.84. The number of hydrogen-bond donors (Lipinski definition) is 1. The monoisotopic (exact) mass is 196 g/mol. The van der Waals surface area contributed by atoms with Gasteiger partial charge >= 0.3 is 0 Å². The number of aliphatic hydroxyl groups is 1. The molecule has 0 aromatic carbocycles. The first kappa shape index (κ1) is 11.2. The fraction of sp³-hybridized carbons (Fsp3) is 0.727. The second-order valence-electron chi connectivity index (χ2n) is 3.83. The minimum atomic E-state index is -0.250. The summed E-state index contributed by atoms with van der Waals surface area (Å²) in [5.41, 5.74) is 0.979. The predicted octanol–water partition coefficient (Wildman–Crippen LogP) is 1.76. The molecule has 1 unspecified atom stereocenters. The second-order valence-corrected chi connectivity index (χ2v) is 3.83. The number of aliphatic hydroxyl groups excluding tert-OH is 1. The molecule has 0 aliphatic rings. The molecule has 1 aromatic heterocycles. The molecular formula is C11H20N2O. The summed E-state index contributed by atoms with van der Waals surface area (Å²) in [6, 6.07) is 1.96. The standard InChI is InChI=1S/C11H20N2O/c1-4-9(5-2)11(14)8-10-6-7-13(3)12-10/h6-7,9,11,14H,4-5,8H2,1-3H3. The van der Waals surface area contributed by atoms with E-state index in [-0.39, 0.29) is 6.10 Å². The Bertz CT molecular complexity index is 266. The van der Waals surface area contributed by atoms with Crippen molar-refractivity contribution in [3.63, 3.8) is 0 Å². The molecule has 1 N–H and O–H groups in total. The van der Waals surface area contributed by atoms with Gasteiger partial charge in [-0.15, -0.1) is 0 Å². The summed E-state index contributed by atoms with van der Waals surface area (Å²) in [5, 5.41) is 14.2. The van der Waals surface area contributed by atoms with Crippen LogP contribution >= 0.6 is 0 Å². The van der Waals surface area contributed by atoms with Crippen LogP contribution in [0.4, 0.5) is 0 Å². The predicted molar refractivity (Wildman–Crippen MR) is 57.0 cm³/mol. The fourth-order valence-corrected chi connectivity index (χ4v) is 1.79. The van der Waals surface area contributed by atoms with Crippen molar-refractivity contribution in [2.75, 3.05) is 0 Å². The molecule has 0 amide bonds. The third-order valence-corrected chi connectivity index (χ3v) is 2.78. The van der Waals surface area contributed by atoms with Crippen molar-refractivity contribution >= 4 is 0 Å². The molecule has 0 bridgehead atoms. The van der Waals surface area contributed by atoms with Crippen molar-refractivity contribution in [3.05, 3.63) is 18.0 Å². The van der Waals surface area contributed by atoms with E-state index in [1.807, 2.05) is 19.3 Å². The molecule has 0 fully saturated rings. The molecule has 1 aromatic rings. The van der Waals surface area contributed by atoms with E-state index in [0.717, 1.165) is 18.5 Å². The summed E-state index contributed by atoms with van der Waals surface area (Å²) in [6.45, 7) is 4.24. The Kier molecular flexibility index (Phi) is 4.14. The zero-order valence-electron chi connectivity index (χ0n) is 9.27. The van der Waals surface area contributed by atoms with E-state index in [1.165, 1.54) is 0 Å². The van der Waals surface area contributed by atoms with E-state index in [4.69, 9.17) is 0 Å². The molecule has 0 aliphatic carbocycles. The Morgan fingerprint density at radius 2 is 2.07 bits per heavy atom. The average molecular weight is 196 g/mol. The summed E-state index contributed by atoms with van der Waals surface area (Å²) in [6.07, 6.45) is 4.40. The Hall–Kier alpha value is -0.830. The minimum absolute atomic E-state index is 0.250. The first-order valence-corrected chi connectivity index (χ1v) is 5.34. The molecular weight excluding hydrogens is 176 g/mol. The maximum atomic E-state index is 9.92. The van der Waals surface area contributed by atoms with E-state index in [2.05, 4.69) is 18.9 Å². The van der Waals surface area contributed by atoms with Crippen LogP contribution in [0.1, 0.15) is 32.4 Å². The lowest BCUT2D eigenvalue weighted by Gasteiger charge is -2.18. The van der Waals surface area contributed by atoms with Gasteiger partial charge in [-0.05, 0) is 12.0 Å². The van der Waals surface area contributed by atoms with Crippen molar-refractivity contribution in [1.82, 2.24) is 9.78 Å². The topological polar surface area (TPSA) is 38.0 Å². The van der Waals surface area contributed by atoms with Gasteiger partial charge in [0, 0.05) is 19.7 Å².